The molecule has 0 bridgehead atoms. The lowest BCUT2D eigenvalue weighted by molar-refractivity contribution is -0.149. The van der Waals surface area contributed by atoms with Crippen molar-refractivity contribution < 1.29 is 28.8 Å². The van der Waals surface area contributed by atoms with E-state index in [1.165, 1.54) is 0 Å². The summed E-state index contributed by atoms with van der Waals surface area (Å²) in [5.74, 6) is 7.02. The van der Waals surface area contributed by atoms with Crippen LogP contribution in [0.1, 0.15) is 18.1 Å². The predicted molar refractivity (Wildman–Crippen MR) is 122 cm³/mol. The van der Waals surface area contributed by atoms with Gasteiger partial charge in [-0.1, -0.05) is 17.9 Å². The monoisotopic (exact) mass is 488 g/mol. The predicted octanol–water partition coefficient (Wildman–Crippen LogP) is 4.49. The summed E-state index contributed by atoms with van der Waals surface area (Å²) in [5, 5.41) is 9.21. The minimum Gasteiger partial charge on any atom is -0.497 e. The molecule has 0 spiro atoms. The molecule has 0 fully saturated rings. The van der Waals surface area contributed by atoms with Crippen molar-refractivity contribution in [3.05, 3.63) is 64.1 Å². The Hall–Kier alpha value is -2.95. The number of hydrogen-bond donors (Lipinski definition) is 1. The van der Waals surface area contributed by atoms with Gasteiger partial charge in [0.05, 0.1) is 18.7 Å². The van der Waals surface area contributed by atoms with Crippen molar-refractivity contribution >= 4 is 21.9 Å². The van der Waals surface area contributed by atoms with Crippen LogP contribution in [0.5, 0.6) is 17.2 Å². The normalized spacial score (nSPS) is 11.5. The Morgan fingerprint density at radius 2 is 1.87 bits per heavy atom. The van der Waals surface area contributed by atoms with Crippen molar-refractivity contribution in [3.8, 4) is 29.1 Å². The lowest BCUT2D eigenvalue weighted by atomic mass is 10.1. The van der Waals surface area contributed by atoms with Gasteiger partial charge in [-0.15, -0.1) is 0 Å². The maximum atomic E-state index is 11.2. The van der Waals surface area contributed by atoms with E-state index in [1.807, 2.05) is 24.3 Å². The van der Waals surface area contributed by atoms with Crippen molar-refractivity contribution in [2.45, 2.75) is 19.4 Å². The third-order valence-electron chi connectivity index (χ3n) is 4.16. The second-order valence-corrected chi connectivity index (χ2v) is 7.19. The highest BCUT2D eigenvalue weighted by Gasteiger charge is 2.18. The lowest BCUT2D eigenvalue weighted by Gasteiger charge is -2.13. The van der Waals surface area contributed by atoms with E-state index in [2.05, 4.69) is 27.8 Å². The number of ether oxygens (including phenoxy) is 4. The molecule has 0 saturated carbocycles. The number of carbonyl (C=O) groups is 1. The first-order chi connectivity index (χ1) is 15.0. The molecule has 2 rings (SSSR count). The average Bonchev–Trinajstić information content (AvgIpc) is 2.76. The number of hydrogen-bond acceptors (Lipinski definition) is 5. The molecular weight excluding hydrogens is 464 g/mol. The van der Waals surface area contributed by atoms with Crippen LogP contribution < -0.4 is 14.2 Å². The van der Waals surface area contributed by atoms with Crippen LogP contribution in [0.15, 0.2) is 53.0 Å². The fourth-order valence-electron chi connectivity index (χ4n) is 2.67. The molecule has 0 heterocycles. The molecule has 0 saturated heterocycles. The highest BCUT2D eigenvalue weighted by molar-refractivity contribution is 9.10. The molecular formula is C24H25BrO6. The van der Waals surface area contributed by atoms with Gasteiger partial charge in [0.2, 0.25) is 0 Å². The van der Waals surface area contributed by atoms with Gasteiger partial charge in [-0.3, -0.25) is 0 Å². The number of benzene rings is 2. The number of aliphatic carboxylic acids is 1. The van der Waals surface area contributed by atoms with E-state index in [0.29, 0.717) is 30.5 Å². The topological polar surface area (TPSA) is 74.2 Å². The van der Waals surface area contributed by atoms with Crippen molar-refractivity contribution in [1.82, 2.24) is 0 Å². The summed E-state index contributed by atoms with van der Waals surface area (Å²) in [4.78, 5) is 11.2. The molecule has 6 nitrogen and oxygen atoms in total. The Morgan fingerprint density at radius 3 is 2.45 bits per heavy atom. The first-order valence-corrected chi connectivity index (χ1v) is 10.4. The van der Waals surface area contributed by atoms with Gasteiger partial charge < -0.3 is 24.1 Å². The maximum absolute atomic E-state index is 11.2. The molecule has 0 unspecified atom stereocenters. The van der Waals surface area contributed by atoms with Gasteiger partial charge in [-0.2, -0.15) is 0 Å². The molecule has 0 amide bonds. The largest absolute Gasteiger partial charge is 0.497 e. The Balaban J connectivity index is 1.92. The molecule has 2 aromatic rings. The second-order valence-electron chi connectivity index (χ2n) is 6.34. The molecule has 1 atom stereocenters. The summed E-state index contributed by atoms with van der Waals surface area (Å²) in [7, 11) is 3.19. The molecule has 0 radical (unpaired) electrons. The molecule has 0 aromatic heterocycles. The molecule has 7 heteroatoms. The molecule has 1 N–H and O–H groups in total. The summed E-state index contributed by atoms with van der Waals surface area (Å²) in [6, 6.07) is 10.9. The highest BCUT2D eigenvalue weighted by Crippen LogP contribution is 2.27. The van der Waals surface area contributed by atoms with Crippen LogP contribution in [0.3, 0.4) is 0 Å². The Kier molecular flexibility index (Phi) is 9.95. The molecule has 164 valence electrons. The Labute approximate surface area is 190 Å². The van der Waals surface area contributed by atoms with Gasteiger partial charge in [0.15, 0.2) is 6.10 Å². The van der Waals surface area contributed by atoms with E-state index >= 15 is 0 Å². The van der Waals surface area contributed by atoms with Gasteiger partial charge in [0, 0.05) is 24.7 Å². The SMILES string of the molecule is CCO[C@@H](Cc1ccc(OCC=CC#Cc2cc(OC)cc(OC)c2)c(Br)c1)C(=O)O. The standard InChI is InChI=1S/C24H25BrO6/c1-4-30-23(24(26)27)15-18-9-10-22(21(25)14-18)31-11-7-5-6-8-17-12-19(28-2)16-20(13-17)29-3/h5,7,9-10,12-14,16,23H,4,11,15H2,1-3H3,(H,26,27)/t23-/m0/s1. The molecule has 2 aromatic carbocycles. The minimum absolute atomic E-state index is 0.284. The highest BCUT2D eigenvalue weighted by atomic mass is 79.9. The summed E-state index contributed by atoms with van der Waals surface area (Å²) in [6.07, 6.45) is 2.94. The van der Waals surface area contributed by atoms with Crippen molar-refractivity contribution in [2.75, 3.05) is 27.4 Å². The third-order valence-corrected chi connectivity index (χ3v) is 4.78. The van der Waals surface area contributed by atoms with Crippen LogP contribution in [0, 0.1) is 11.8 Å². The fraction of sp³-hybridized carbons (Fsp3) is 0.292. The van der Waals surface area contributed by atoms with Crippen LogP contribution in [-0.4, -0.2) is 44.6 Å². The summed E-state index contributed by atoms with van der Waals surface area (Å²) < 4.78 is 22.2. The molecule has 0 aliphatic rings. The Morgan fingerprint density at radius 1 is 1.16 bits per heavy atom. The van der Waals surface area contributed by atoms with E-state index in [4.69, 9.17) is 18.9 Å². The summed E-state index contributed by atoms with van der Waals surface area (Å²) in [6.45, 7) is 2.46. The summed E-state index contributed by atoms with van der Waals surface area (Å²) in [5.41, 5.74) is 1.63. The zero-order valence-electron chi connectivity index (χ0n) is 17.7. The van der Waals surface area contributed by atoms with E-state index in [9.17, 15) is 9.90 Å². The van der Waals surface area contributed by atoms with E-state index in [0.717, 1.165) is 15.6 Å². The second kappa shape index (κ2) is 12.7. The van der Waals surface area contributed by atoms with Gasteiger partial charge in [0.25, 0.3) is 0 Å². The zero-order valence-corrected chi connectivity index (χ0v) is 19.3. The number of halogens is 1. The first-order valence-electron chi connectivity index (χ1n) is 9.62. The van der Waals surface area contributed by atoms with E-state index in [1.54, 1.807) is 45.4 Å². The number of carboxylic acids is 1. The smallest absolute Gasteiger partial charge is 0.333 e. The number of carboxylic acid groups (broad SMARTS) is 1. The van der Waals surface area contributed by atoms with Crippen LogP contribution in [0.2, 0.25) is 0 Å². The number of methoxy groups -OCH3 is 2. The summed E-state index contributed by atoms with van der Waals surface area (Å²) >= 11 is 3.46. The number of allylic oxidation sites excluding steroid dienone is 1. The first kappa shape index (κ1) is 24.3. The lowest BCUT2D eigenvalue weighted by Crippen LogP contribution is -2.26. The van der Waals surface area contributed by atoms with Gasteiger partial charge >= 0.3 is 5.97 Å². The molecule has 0 aliphatic carbocycles. The minimum atomic E-state index is -0.975. The molecule has 0 aliphatic heterocycles. The van der Waals surface area contributed by atoms with Crippen LogP contribution >= 0.6 is 15.9 Å². The van der Waals surface area contributed by atoms with Gasteiger partial charge in [-0.05, 0) is 64.8 Å². The van der Waals surface area contributed by atoms with Crippen LogP contribution in [0.4, 0.5) is 0 Å². The van der Waals surface area contributed by atoms with Gasteiger partial charge in [0.1, 0.15) is 23.9 Å². The van der Waals surface area contributed by atoms with Crippen LogP contribution in [-0.2, 0) is 16.0 Å². The maximum Gasteiger partial charge on any atom is 0.333 e. The zero-order chi connectivity index (χ0) is 22.6. The van der Waals surface area contributed by atoms with Crippen LogP contribution in [0.25, 0.3) is 0 Å². The van der Waals surface area contributed by atoms with Crippen molar-refractivity contribution in [3.63, 3.8) is 0 Å². The number of rotatable bonds is 10. The van der Waals surface area contributed by atoms with Crippen molar-refractivity contribution in [1.29, 1.82) is 0 Å². The average molecular weight is 489 g/mol. The fourth-order valence-corrected chi connectivity index (χ4v) is 3.21. The van der Waals surface area contributed by atoms with E-state index < -0.39 is 12.1 Å². The van der Waals surface area contributed by atoms with E-state index in [-0.39, 0.29) is 6.42 Å². The molecule has 31 heavy (non-hydrogen) atoms. The quantitative estimate of drug-likeness (QED) is 0.496. The van der Waals surface area contributed by atoms with Gasteiger partial charge in [-0.25, -0.2) is 4.79 Å². The third kappa shape index (κ3) is 8.00. The van der Waals surface area contributed by atoms with Crippen molar-refractivity contribution in [2.24, 2.45) is 0 Å². The Bertz CT molecular complexity index is 952.